The maximum atomic E-state index is 12.6. The van der Waals surface area contributed by atoms with Crippen LogP contribution in [0.3, 0.4) is 0 Å². The second-order valence-electron chi connectivity index (χ2n) is 6.11. The summed E-state index contributed by atoms with van der Waals surface area (Å²) in [6, 6.07) is 8.06. The largest absolute Gasteiger partial charge is 0.380 e. The molecule has 0 N–H and O–H groups in total. The molecule has 0 spiro atoms. The summed E-state index contributed by atoms with van der Waals surface area (Å²) in [6.45, 7) is 10.6. The molecule has 1 amide bonds. The number of hydrogen-bond acceptors (Lipinski definition) is 4. The van der Waals surface area contributed by atoms with Crippen molar-refractivity contribution in [3.05, 3.63) is 46.0 Å². The van der Waals surface area contributed by atoms with Crippen LogP contribution in [0.1, 0.15) is 35.6 Å². The average molecular weight is 372 g/mol. The van der Waals surface area contributed by atoms with Crippen LogP contribution < -0.4 is 4.80 Å². The number of nitrogens with zero attached hydrogens (tertiary/aromatic N) is 4. The molecule has 3 aromatic rings. The smallest absolute Gasteiger partial charge is 0.300 e. The summed E-state index contributed by atoms with van der Waals surface area (Å²) in [4.78, 5) is 17.7. The fourth-order valence-corrected chi connectivity index (χ4v) is 4.01. The lowest BCUT2D eigenvalue weighted by Crippen LogP contribution is -2.20. The van der Waals surface area contributed by atoms with E-state index in [-0.39, 0.29) is 5.91 Å². The highest BCUT2D eigenvalue weighted by Gasteiger charge is 2.13. The molecule has 138 valence electrons. The molecule has 1 aromatic carbocycles. The molecule has 0 radical (unpaired) electrons. The van der Waals surface area contributed by atoms with Crippen molar-refractivity contribution >= 4 is 27.5 Å². The van der Waals surface area contributed by atoms with Crippen LogP contribution in [0.4, 0.5) is 0 Å². The van der Waals surface area contributed by atoms with E-state index in [1.54, 1.807) is 10.7 Å². The first-order chi connectivity index (χ1) is 12.5. The Morgan fingerprint density at radius 1 is 1.27 bits per heavy atom. The van der Waals surface area contributed by atoms with E-state index < -0.39 is 0 Å². The maximum absolute atomic E-state index is 12.6. The van der Waals surface area contributed by atoms with E-state index >= 15 is 0 Å². The van der Waals surface area contributed by atoms with Crippen LogP contribution >= 0.6 is 11.3 Å². The molecule has 0 unspecified atom stereocenters. The van der Waals surface area contributed by atoms with Gasteiger partial charge in [-0.3, -0.25) is 9.48 Å². The Morgan fingerprint density at radius 2 is 2.08 bits per heavy atom. The summed E-state index contributed by atoms with van der Waals surface area (Å²) in [5.41, 5.74) is 3.60. The van der Waals surface area contributed by atoms with Gasteiger partial charge in [-0.25, -0.2) is 0 Å². The van der Waals surface area contributed by atoms with Crippen molar-refractivity contribution in [1.82, 2.24) is 14.3 Å². The van der Waals surface area contributed by atoms with E-state index in [1.165, 1.54) is 16.9 Å². The minimum absolute atomic E-state index is 0.311. The lowest BCUT2D eigenvalue weighted by molar-refractivity contribution is 0.0991. The zero-order chi connectivity index (χ0) is 18.7. The molecule has 7 heteroatoms. The molecule has 0 aliphatic carbocycles. The van der Waals surface area contributed by atoms with Gasteiger partial charge in [0.2, 0.25) is 0 Å². The zero-order valence-electron chi connectivity index (χ0n) is 15.7. The number of aromatic nitrogens is 3. The quantitative estimate of drug-likeness (QED) is 0.624. The topological polar surface area (TPSA) is 61.4 Å². The summed E-state index contributed by atoms with van der Waals surface area (Å²) in [5, 5.41) is 4.34. The number of carbonyl (C=O) groups excluding carboxylic acids is 1. The predicted molar refractivity (Wildman–Crippen MR) is 104 cm³/mol. The van der Waals surface area contributed by atoms with Crippen LogP contribution in [0, 0.1) is 13.8 Å². The summed E-state index contributed by atoms with van der Waals surface area (Å²) in [5.74, 6) is -0.311. The van der Waals surface area contributed by atoms with Gasteiger partial charge in [0.25, 0.3) is 5.91 Å². The number of thiazole rings is 1. The number of benzene rings is 1. The standard InChI is InChI=1S/C19H24N4O2S/c1-5-23-14(4)12-15(21-23)18(24)20-19-22(9-10-25-6-2)16-8-7-13(3)11-17(16)26-19/h7-8,11-12H,5-6,9-10H2,1-4H3. The lowest BCUT2D eigenvalue weighted by Gasteiger charge is -2.05. The third kappa shape index (κ3) is 3.78. The molecule has 0 fully saturated rings. The third-order valence-electron chi connectivity index (χ3n) is 4.20. The summed E-state index contributed by atoms with van der Waals surface area (Å²) >= 11 is 1.52. The van der Waals surface area contributed by atoms with E-state index in [0.29, 0.717) is 30.3 Å². The van der Waals surface area contributed by atoms with E-state index in [4.69, 9.17) is 4.74 Å². The number of aryl methyl sites for hydroxylation is 3. The van der Waals surface area contributed by atoms with Crippen LogP contribution in [-0.2, 0) is 17.8 Å². The first kappa shape index (κ1) is 18.5. The van der Waals surface area contributed by atoms with Crippen molar-refractivity contribution < 1.29 is 9.53 Å². The molecule has 0 bridgehead atoms. The number of rotatable bonds is 6. The Bertz CT molecular complexity index is 997. The second kappa shape index (κ2) is 7.97. The van der Waals surface area contributed by atoms with E-state index in [0.717, 1.165) is 22.5 Å². The number of ether oxygens (including phenoxy) is 1. The molecule has 6 nitrogen and oxygen atoms in total. The summed E-state index contributed by atoms with van der Waals surface area (Å²) in [6.07, 6.45) is 0. The van der Waals surface area contributed by atoms with E-state index in [1.807, 2.05) is 20.8 Å². The Morgan fingerprint density at radius 3 is 2.77 bits per heavy atom. The highest BCUT2D eigenvalue weighted by Crippen LogP contribution is 2.19. The Balaban J connectivity index is 2.04. The molecule has 2 aromatic heterocycles. The van der Waals surface area contributed by atoms with Crippen LogP contribution in [-0.4, -0.2) is 33.5 Å². The minimum atomic E-state index is -0.311. The molecular formula is C19H24N4O2S. The maximum Gasteiger partial charge on any atom is 0.300 e. The Hall–Kier alpha value is -2.25. The first-order valence-electron chi connectivity index (χ1n) is 8.84. The third-order valence-corrected chi connectivity index (χ3v) is 5.24. The normalized spacial score (nSPS) is 12.2. The molecule has 2 heterocycles. The lowest BCUT2D eigenvalue weighted by atomic mass is 10.2. The number of amides is 1. The fourth-order valence-electron chi connectivity index (χ4n) is 2.86. The number of fused-ring (bicyclic) bond motifs is 1. The van der Waals surface area contributed by atoms with Gasteiger partial charge in [-0.2, -0.15) is 10.1 Å². The summed E-state index contributed by atoms with van der Waals surface area (Å²) < 4.78 is 10.5. The van der Waals surface area contributed by atoms with Gasteiger partial charge in [0.05, 0.1) is 16.8 Å². The molecule has 0 saturated carbocycles. The molecule has 0 aliphatic heterocycles. The van der Waals surface area contributed by atoms with Crippen molar-refractivity contribution in [2.75, 3.05) is 13.2 Å². The van der Waals surface area contributed by atoms with Crippen LogP contribution in [0.2, 0.25) is 0 Å². The molecule has 3 rings (SSSR count). The molecule has 26 heavy (non-hydrogen) atoms. The van der Waals surface area contributed by atoms with Crippen LogP contribution in [0.25, 0.3) is 10.2 Å². The summed E-state index contributed by atoms with van der Waals surface area (Å²) in [7, 11) is 0. The van der Waals surface area contributed by atoms with Gasteiger partial charge < -0.3 is 9.30 Å². The van der Waals surface area contributed by atoms with Gasteiger partial charge in [0.15, 0.2) is 10.5 Å². The van der Waals surface area contributed by atoms with Crippen molar-refractivity contribution in [2.24, 2.45) is 4.99 Å². The van der Waals surface area contributed by atoms with Gasteiger partial charge in [-0.1, -0.05) is 17.4 Å². The van der Waals surface area contributed by atoms with Crippen molar-refractivity contribution in [2.45, 2.75) is 40.8 Å². The number of carbonyl (C=O) groups is 1. The molecule has 0 atom stereocenters. The van der Waals surface area contributed by atoms with Gasteiger partial charge in [0.1, 0.15) is 0 Å². The molecular weight excluding hydrogens is 348 g/mol. The monoisotopic (exact) mass is 372 g/mol. The second-order valence-corrected chi connectivity index (χ2v) is 7.12. The van der Waals surface area contributed by atoms with Crippen LogP contribution in [0.5, 0.6) is 0 Å². The van der Waals surface area contributed by atoms with Crippen molar-refractivity contribution in [1.29, 1.82) is 0 Å². The van der Waals surface area contributed by atoms with Gasteiger partial charge >= 0.3 is 0 Å². The van der Waals surface area contributed by atoms with Gasteiger partial charge in [-0.15, -0.1) is 0 Å². The predicted octanol–water partition coefficient (Wildman–Crippen LogP) is 3.31. The van der Waals surface area contributed by atoms with E-state index in [2.05, 4.69) is 39.8 Å². The number of hydrogen-bond donors (Lipinski definition) is 0. The van der Waals surface area contributed by atoms with Gasteiger partial charge in [-0.05, 0) is 51.5 Å². The van der Waals surface area contributed by atoms with Crippen molar-refractivity contribution in [3.8, 4) is 0 Å². The molecule has 0 aliphatic rings. The van der Waals surface area contributed by atoms with Crippen LogP contribution in [0.15, 0.2) is 29.3 Å². The highest BCUT2D eigenvalue weighted by atomic mass is 32.1. The van der Waals surface area contributed by atoms with Gasteiger partial charge in [0, 0.05) is 25.4 Å². The fraction of sp³-hybridized carbons (Fsp3) is 0.421. The SMILES string of the molecule is CCOCCn1c(=NC(=O)c2cc(C)n(CC)n2)sc2cc(C)ccc21. The van der Waals surface area contributed by atoms with E-state index in [9.17, 15) is 4.79 Å². The Kier molecular flexibility index (Phi) is 5.68. The average Bonchev–Trinajstić information content (AvgIpc) is 3.15. The highest BCUT2D eigenvalue weighted by molar-refractivity contribution is 7.16. The minimum Gasteiger partial charge on any atom is -0.380 e. The Labute approximate surface area is 156 Å². The first-order valence-corrected chi connectivity index (χ1v) is 9.66. The zero-order valence-corrected chi connectivity index (χ0v) is 16.5. The van der Waals surface area contributed by atoms with Crippen molar-refractivity contribution in [3.63, 3.8) is 0 Å². The molecule has 0 saturated heterocycles.